The van der Waals surface area contributed by atoms with Gasteiger partial charge in [0.25, 0.3) is 0 Å². The van der Waals surface area contributed by atoms with Crippen molar-refractivity contribution in [1.82, 2.24) is 4.57 Å². The minimum absolute atomic E-state index is 0.0186. The number of aliphatic carboxylic acids is 1. The standard InChI is InChI=1S/C32H33NO4/c1-4-8-26(20-31(34)35)25-13-15-30(16-14-25)37-22-28-12-11-27-19-29(17-18-36-3)33(32(27)23(28)2)21-24-9-6-5-7-10-24/h5-7,9-16,19,26H,17-18,20-22H2,1-3H3,(H,34,35)/t26-/m0/s1. The van der Waals surface area contributed by atoms with Crippen LogP contribution in [0.5, 0.6) is 5.75 Å². The van der Waals surface area contributed by atoms with Crippen LogP contribution in [0.15, 0.2) is 72.8 Å². The Morgan fingerprint density at radius 1 is 1.05 bits per heavy atom. The van der Waals surface area contributed by atoms with Gasteiger partial charge in [0.1, 0.15) is 12.4 Å². The molecule has 0 spiro atoms. The molecule has 0 aliphatic carbocycles. The first kappa shape index (κ1) is 26.1. The van der Waals surface area contributed by atoms with E-state index in [0.29, 0.717) is 13.2 Å². The van der Waals surface area contributed by atoms with Gasteiger partial charge in [0.2, 0.25) is 0 Å². The number of fused-ring (bicyclic) bond motifs is 1. The molecule has 0 saturated carbocycles. The fourth-order valence-corrected chi connectivity index (χ4v) is 4.71. The van der Waals surface area contributed by atoms with Crippen molar-refractivity contribution in [3.63, 3.8) is 0 Å². The summed E-state index contributed by atoms with van der Waals surface area (Å²) in [5.74, 6) is 5.37. The summed E-state index contributed by atoms with van der Waals surface area (Å²) in [5.41, 5.74) is 6.94. The van der Waals surface area contributed by atoms with E-state index >= 15 is 0 Å². The number of carboxylic acid groups (broad SMARTS) is 1. The molecule has 3 aromatic carbocycles. The second-order valence-corrected chi connectivity index (χ2v) is 9.14. The Bertz CT molecular complexity index is 1410. The van der Waals surface area contributed by atoms with Crippen molar-refractivity contribution in [3.8, 4) is 17.6 Å². The lowest BCUT2D eigenvalue weighted by Gasteiger charge is -2.15. The highest BCUT2D eigenvalue weighted by molar-refractivity contribution is 5.85. The number of methoxy groups -OCH3 is 1. The van der Waals surface area contributed by atoms with Gasteiger partial charge in [0.15, 0.2) is 0 Å². The van der Waals surface area contributed by atoms with Gasteiger partial charge in [-0.3, -0.25) is 4.79 Å². The number of hydrogen-bond donors (Lipinski definition) is 1. The van der Waals surface area contributed by atoms with Gasteiger partial charge >= 0.3 is 5.97 Å². The van der Waals surface area contributed by atoms with Crippen molar-refractivity contribution >= 4 is 16.9 Å². The maximum Gasteiger partial charge on any atom is 0.304 e. The molecular formula is C32H33NO4. The molecule has 1 N–H and O–H groups in total. The van der Waals surface area contributed by atoms with Crippen LogP contribution in [-0.2, 0) is 29.1 Å². The Morgan fingerprint density at radius 2 is 1.81 bits per heavy atom. The third-order valence-corrected chi connectivity index (χ3v) is 6.63. The number of aromatic nitrogens is 1. The number of carboxylic acids is 1. The van der Waals surface area contributed by atoms with Crippen LogP contribution in [0.1, 0.15) is 47.2 Å². The lowest BCUT2D eigenvalue weighted by Crippen LogP contribution is -2.08. The minimum atomic E-state index is -0.860. The van der Waals surface area contributed by atoms with E-state index in [9.17, 15) is 9.90 Å². The van der Waals surface area contributed by atoms with Gasteiger partial charge in [-0.05, 0) is 54.3 Å². The molecule has 0 saturated heterocycles. The summed E-state index contributed by atoms with van der Waals surface area (Å²) >= 11 is 0. The van der Waals surface area contributed by atoms with Crippen LogP contribution < -0.4 is 4.74 Å². The van der Waals surface area contributed by atoms with Crippen molar-refractivity contribution in [2.45, 2.75) is 45.8 Å². The minimum Gasteiger partial charge on any atom is -0.489 e. The molecule has 1 heterocycles. The summed E-state index contributed by atoms with van der Waals surface area (Å²) < 4.78 is 13.9. The Kier molecular flexibility index (Phi) is 8.66. The Labute approximate surface area is 218 Å². The molecule has 5 nitrogen and oxygen atoms in total. The van der Waals surface area contributed by atoms with E-state index in [1.165, 1.54) is 27.7 Å². The van der Waals surface area contributed by atoms with Crippen LogP contribution in [0.3, 0.4) is 0 Å². The molecule has 1 aromatic heterocycles. The van der Waals surface area contributed by atoms with Crippen molar-refractivity contribution in [2.24, 2.45) is 0 Å². The van der Waals surface area contributed by atoms with E-state index in [1.54, 1.807) is 14.0 Å². The smallest absolute Gasteiger partial charge is 0.304 e. The zero-order valence-electron chi connectivity index (χ0n) is 21.7. The van der Waals surface area contributed by atoms with Crippen LogP contribution >= 0.6 is 0 Å². The average molecular weight is 496 g/mol. The quantitative estimate of drug-likeness (QED) is 0.246. The molecule has 0 fully saturated rings. The summed E-state index contributed by atoms with van der Waals surface area (Å²) in [5, 5.41) is 10.4. The van der Waals surface area contributed by atoms with E-state index in [1.807, 2.05) is 30.3 Å². The molecule has 5 heteroatoms. The van der Waals surface area contributed by atoms with Crippen molar-refractivity contribution in [2.75, 3.05) is 13.7 Å². The lowest BCUT2D eigenvalue weighted by molar-refractivity contribution is -0.137. The van der Waals surface area contributed by atoms with Crippen molar-refractivity contribution < 1.29 is 19.4 Å². The van der Waals surface area contributed by atoms with Gasteiger partial charge in [-0.25, -0.2) is 0 Å². The number of rotatable bonds is 11. The predicted molar refractivity (Wildman–Crippen MR) is 147 cm³/mol. The largest absolute Gasteiger partial charge is 0.489 e. The Hall–Kier alpha value is -4.01. The number of ether oxygens (including phenoxy) is 2. The summed E-state index contributed by atoms with van der Waals surface area (Å²) in [7, 11) is 1.74. The Morgan fingerprint density at radius 3 is 2.49 bits per heavy atom. The molecule has 4 aromatic rings. The molecular weight excluding hydrogens is 462 g/mol. The lowest BCUT2D eigenvalue weighted by atomic mass is 9.96. The van der Waals surface area contributed by atoms with E-state index in [4.69, 9.17) is 9.47 Å². The van der Waals surface area contributed by atoms with Crippen LogP contribution in [0.4, 0.5) is 0 Å². The molecule has 0 bridgehead atoms. The van der Waals surface area contributed by atoms with Crippen LogP contribution in [0.25, 0.3) is 10.9 Å². The fraction of sp³-hybridized carbons (Fsp3) is 0.281. The van der Waals surface area contributed by atoms with Crippen molar-refractivity contribution in [1.29, 1.82) is 0 Å². The number of hydrogen-bond acceptors (Lipinski definition) is 3. The second kappa shape index (κ2) is 12.3. The maximum atomic E-state index is 11.2. The summed E-state index contributed by atoms with van der Waals surface area (Å²) in [4.78, 5) is 11.2. The van der Waals surface area contributed by atoms with Gasteiger partial charge in [0, 0.05) is 31.2 Å². The maximum absolute atomic E-state index is 11.2. The molecule has 0 aliphatic heterocycles. The van der Waals surface area contributed by atoms with Crippen LogP contribution in [0.2, 0.25) is 0 Å². The molecule has 0 amide bonds. The molecule has 37 heavy (non-hydrogen) atoms. The number of aryl methyl sites for hydroxylation is 1. The second-order valence-electron chi connectivity index (χ2n) is 9.14. The molecule has 190 valence electrons. The van der Waals surface area contributed by atoms with Gasteiger partial charge < -0.3 is 19.1 Å². The molecule has 4 rings (SSSR count). The molecule has 0 radical (unpaired) electrons. The number of carbonyl (C=O) groups is 1. The van der Waals surface area contributed by atoms with E-state index in [-0.39, 0.29) is 12.3 Å². The highest BCUT2D eigenvalue weighted by Gasteiger charge is 2.15. The highest BCUT2D eigenvalue weighted by Crippen LogP contribution is 2.29. The SMILES string of the molecule is CC#C[C@@H](CC(=O)O)c1ccc(OCc2ccc3cc(CCOC)n(Cc4ccccc4)c3c2C)cc1. The van der Waals surface area contributed by atoms with Gasteiger partial charge in [-0.2, -0.15) is 0 Å². The molecule has 1 atom stereocenters. The van der Waals surface area contributed by atoms with Crippen LogP contribution in [0, 0.1) is 18.8 Å². The van der Waals surface area contributed by atoms with Gasteiger partial charge in [-0.1, -0.05) is 60.5 Å². The van der Waals surface area contributed by atoms with Crippen LogP contribution in [-0.4, -0.2) is 29.4 Å². The highest BCUT2D eigenvalue weighted by atomic mass is 16.5. The normalized spacial score (nSPS) is 11.6. The first-order valence-electron chi connectivity index (χ1n) is 12.5. The number of nitrogens with zero attached hydrogens (tertiary/aromatic N) is 1. The van der Waals surface area contributed by atoms with Gasteiger partial charge in [0.05, 0.1) is 24.5 Å². The summed E-state index contributed by atoms with van der Waals surface area (Å²) in [6.07, 6.45) is 0.830. The van der Waals surface area contributed by atoms with Crippen molar-refractivity contribution in [3.05, 3.63) is 101 Å². The third kappa shape index (κ3) is 6.41. The van der Waals surface area contributed by atoms with E-state index < -0.39 is 5.97 Å². The average Bonchev–Trinajstić information content (AvgIpc) is 3.25. The monoisotopic (exact) mass is 495 g/mol. The predicted octanol–water partition coefficient (Wildman–Crippen LogP) is 6.35. The van der Waals surface area contributed by atoms with Gasteiger partial charge in [-0.15, -0.1) is 5.92 Å². The topological polar surface area (TPSA) is 60.7 Å². The first-order valence-corrected chi connectivity index (χ1v) is 12.5. The Balaban J connectivity index is 1.57. The number of benzene rings is 3. The third-order valence-electron chi connectivity index (χ3n) is 6.63. The summed E-state index contributed by atoms with van der Waals surface area (Å²) in [6, 6.07) is 24.6. The van der Waals surface area contributed by atoms with E-state index in [0.717, 1.165) is 29.8 Å². The first-order chi connectivity index (χ1) is 18.0. The zero-order chi connectivity index (χ0) is 26.2. The fourth-order valence-electron chi connectivity index (χ4n) is 4.71. The molecule has 0 aliphatic rings. The molecule has 0 unspecified atom stereocenters. The summed E-state index contributed by atoms with van der Waals surface area (Å²) in [6.45, 7) is 5.80. The van der Waals surface area contributed by atoms with E-state index in [2.05, 4.69) is 65.8 Å². The zero-order valence-corrected chi connectivity index (χ0v) is 21.7.